The van der Waals surface area contributed by atoms with Gasteiger partial charge in [0.05, 0.1) is 5.69 Å². The number of benzene rings is 1. The van der Waals surface area contributed by atoms with Gasteiger partial charge in [0.15, 0.2) is 6.10 Å². The highest BCUT2D eigenvalue weighted by atomic mass is 35.5. The Kier molecular flexibility index (Phi) is 2.92. The number of carbonyl (C=O) groups excluding carboxylic acids is 1. The molecule has 1 aliphatic rings. The lowest BCUT2D eigenvalue weighted by molar-refractivity contribution is -0.125. The largest absolute Gasteiger partial charge is 0.479 e. The Morgan fingerprint density at radius 2 is 2.31 bits per heavy atom. The minimum atomic E-state index is -0.473. The predicted octanol–water partition coefficient (Wildman–Crippen LogP) is 1.62. The van der Waals surface area contributed by atoms with Crippen LogP contribution in [0.3, 0.4) is 0 Å². The normalized spacial score (nSPS) is 19.2. The number of halogens is 1. The molecule has 0 aliphatic carbocycles. The van der Waals surface area contributed by atoms with Crippen LogP contribution in [0.2, 0.25) is 0 Å². The van der Waals surface area contributed by atoms with Crippen LogP contribution in [0.1, 0.15) is 6.92 Å². The van der Waals surface area contributed by atoms with Gasteiger partial charge in [-0.15, -0.1) is 11.6 Å². The number of alkyl halides is 1. The summed E-state index contributed by atoms with van der Waals surface area (Å²) in [5.74, 6) is 0.970. The van der Waals surface area contributed by atoms with Crippen molar-refractivity contribution in [2.45, 2.75) is 13.0 Å². The molecule has 1 aliphatic heterocycles. The SMILES string of the molecule is CC1Oc2ccc(N)cc2N(CCCl)C1=O. The van der Waals surface area contributed by atoms with E-state index in [0.29, 0.717) is 29.5 Å². The highest BCUT2D eigenvalue weighted by molar-refractivity contribution is 6.18. The monoisotopic (exact) mass is 240 g/mol. The molecule has 0 spiro atoms. The number of rotatable bonds is 2. The van der Waals surface area contributed by atoms with E-state index < -0.39 is 6.10 Å². The van der Waals surface area contributed by atoms with Crippen LogP contribution >= 0.6 is 11.6 Å². The smallest absolute Gasteiger partial charge is 0.267 e. The summed E-state index contributed by atoms with van der Waals surface area (Å²) in [5.41, 5.74) is 6.99. The topological polar surface area (TPSA) is 55.6 Å². The van der Waals surface area contributed by atoms with Crippen LogP contribution in [0.25, 0.3) is 0 Å². The fraction of sp³-hybridized carbons (Fsp3) is 0.364. The minimum Gasteiger partial charge on any atom is -0.479 e. The van der Waals surface area contributed by atoms with Gasteiger partial charge in [0.25, 0.3) is 5.91 Å². The molecule has 1 atom stereocenters. The highest BCUT2D eigenvalue weighted by Crippen LogP contribution is 2.35. The summed E-state index contributed by atoms with van der Waals surface area (Å²) in [4.78, 5) is 13.5. The molecule has 16 heavy (non-hydrogen) atoms. The minimum absolute atomic E-state index is 0.0845. The third-order valence-electron chi connectivity index (χ3n) is 2.50. The first-order valence-corrected chi connectivity index (χ1v) is 5.60. The number of nitrogens with two attached hydrogens (primary N) is 1. The Labute approximate surface area is 98.9 Å². The number of hydrogen-bond donors (Lipinski definition) is 1. The lowest BCUT2D eigenvalue weighted by atomic mass is 10.1. The molecule has 86 valence electrons. The molecule has 0 aromatic heterocycles. The van der Waals surface area contributed by atoms with E-state index >= 15 is 0 Å². The molecule has 0 saturated heterocycles. The molecule has 1 aromatic carbocycles. The summed E-state index contributed by atoms with van der Waals surface area (Å²) in [7, 11) is 0. The van der Waals surface area contributed by atoms with Crippen molar-refractivity contribution in [3.05, 3.63) is 18.2 Å². The number of anilines is 2. The number of fused-ring (bicyclic) bond motifs is 1. The first-order chi connectivity index (χ1) is 7.63. The highest BCUT2D eigenvalue weighted by Gasteiger charge is 2.30. The van der Waals surface area contributed by atoms with Crippen molar-refractivity contribution in [1.82, 2.24) is 0 Å². The second-order valence-electron chi connectivity index (χ2n) is 3.67. The summed E-state index contributed by atoms with van der Waals surface area (Å²) >= 11 is 5.69. The maximum atomic E-state index is 11.9. The molecule has 0 bridgehead atoms. The third-order valence-corrected chi connectivity index (χ3v) is 2.67. The summed E-state index contributed by atoms with van der Waals surface area (Å²) in [6.45, 7) is 2.19. The van der Waals surface area contributed by atoms with Crippen LogP contribution in [0.15, 0.2) is 18.2 Å². The van der Waals surface area contributed by atoms with Crippen LogP contribution in [0.5, 0.6) is 5.75 Å². The zero-order chi connectivity index (χ0) is 11.7. The molecular weight excluding hydrogens is 228 g/mol. The third kappa shape index (κ3) is 1.80. The zero-order valence-corrected chi connectivity index (χ0v) is 9.70. The van der Waals surface area contributed by atoms with E-state index in [9.17, 15) is 4.79 Å². The van der Waals surface area contributed by atoms with Gasteiger partial charge in [-0.1, -0.05) is 0 Å². The molecule has 1 unspecified atom stereocenters. The van der Waals surface area contributed by atoms with Crippen molar-refractivity contribution < 1.29 is 9.53 Å². The number of carbonyl (C=O) groups is 1. The Morgan fingerprint density at radius 1 is 1.56 bits per heavy atom. The van der Waals surface area contributed by atoms with Gasteiger partial charge in [-0.2, -0.15) is 0 Å². The molecule has 4 nitrogen and oxygen atoms in total. The van der Waals surface area contributed by atoms with Gasteiger partial charge >= 0.3 is 0 Å². The van der Waals surface area contributed by atoms with Crippen LogP contribution in [0, 0.1) is 0 Å². The van der Waals surface area contributed by atoms with Crippen molar-refractivity contribution >= 4 is 28.9 Å². The maximum absolute atomic E-state index is 11.9. The van der Waals surface area contributed by atoms with Gasteiger partial charge in [0, 0.05) is 18.1 Å². The van der Waals surface area contributed by atoms with Crippen molar-refractivity contribution in [2.75, 3.05) is 23.1 Å². The summed E-state index contributed by atoms with van der Waals surface area (Å²) in [6.07, 6.45) is -0.473. The number of ether oxygens (including phenoxy) is 1. The van der Waals surface area contributed by atoms with E-state index in [0.717, 1.165) is 0 Å². The molecule has 1 amide bonds. The number of nitrogens with zero attached hydrogens (tertiary/aromatic N) is 1. The van der Waals surface area contributed by atoms with Gasteiger partial charge in [-0.25, -0.2) is 0 Å². The van der Waals surface area contributed by atoms with Crippen LogP contribution in [-0.4, -0.2) is 24.4 Å². The lowest BCUT2D eigenvalue weighted by Gasteiger charge is -2.32. The van der Waals surface area contributed by atoms with Gasteiger partial charge in [-0.3, -0.25) is 4.79 Å². The van der Waals surface area contributed by atoms with E-state index in [1.165, 1.54) is 0 Å². The molecular formula is C11H13ClN2O2. The van der Waals surface area contributed by atoms with E-state index in [1.54, 1.807) is 30.0 Å². The molecule has 1 aromatic rings. The fourth-order valence-corrected chi connectivity index (χ4v) is 1.91. The molecule has 1 heterocycles. The Bertz CT molecular complexity index is 422. The van der Waals surface area contributed by atoms with Crippen molar-refractivity contribution in [3.63, 3.8) is 0 Å². The maximum Gasteiger partial charge on any atom is 0.267 e. The first-order valence-electron chi connectivity index (χ1n) is 5.07. The second kappa shape index (κ2) is 4.22. The fourth-order valence-electron chi connectivity index (χ4n) is 1.74. The number of hydrogen-bond acceptors (Lipinski definition) is 3. The summed E-state index contributed by atoms with van der Waals surface area (Å²) < 4.78 is 5.49. The lowest BCUT2D eigenvalue weighted by Crippen LogP contribution is -2.45. The summed E-state index contributed by atoms with van der Waals surface area (Å²) in [5, 5.41) is 0. The van der Waals surface area contributed by atoms with Gasteiger partial charge in [-0.05, 0) is 25.1 Å². The molecule has 2 N–H and O–H groups in total. The van der Waals surface area contributed by atoms with Gasteiger partial charge in [0.1, 0.15) is 5.75 Å². The molecule has 0 saturated carbocycles. The average Bonchev–Trinajstić information content (AvgIpc) is 2.26. The van der Waals surface area contributed by atoms with Crippen LogP contribution < -0.4 is 15.4 Å². The predicted molar refractivity (Wildman–Crippen MR) is 64.0 cm³/mol. The average molecular weight is 241 g/mol. The molecule has 5 heteroatoms. The molecule has 0 fully saturated rings. The van der Waals surface area contributed by atoms with Crippen molar-refractivity contribution in [1.29, 1.82) is 0 Å². The summed E-state index contributed by atoms with van der Waals surface area (Å²) in [6, 6.07) is 5.25. The number of nitrogen functional groups attached to an aromatic ring is 1. The van der Waals surface area contributed by atoms with E-state index in [1.807, 2.05) is 0 Å². The Morgan fingerprint density at radius 3 is 3.00 bits per heavy atom. The van der Waals surface area contributed by atoms with Crippen LogP contribution in [0.4, 0.5) is 11.4 Å². The standard InChI is InChI=1S/C11H13ClN2O2/c1-7-11(15)14(5-4-12)9-6-8(13)2-3-10(9)16-7/h2-3,6-7H,4-5,13H2,1H3. The van der Waals surface area contributed by atoms with Gasteiger partial charge < -0.3 is 15.4 Å². The van der Waals surface area contributed by atoms with Gasteiger partial charge in [0.2, 0.25) is 0 Å². The van der Waals surface area contributed by atoms with Crippen molar-refractivity contribution in [3.8, 4) is 5.75 Å². The quantitative estimate of drug-likeness (QED) is 0.631. The second-order valence-corrected chi connectivity index (χ2v) is 4.04. The first kappa shape index (κ1) is 11.1. The van der Waals surface area contributed by atoms with E-state index in [4.69, 9.17) is 22.1 Å². The molecule has 0 radical (unpaired) electrons. The van der Waals surface area contributed by atoms with E-state index in [-0.39, 0.29) is 5.91 Å². The Balaban J connectivity index is 2.45. The van der Waals surface area contributed by atoms with E-state index in [2.05, 4.69) is 0 Å². The molecule has 2 rings (SSSR count). The van der Waals surface area contributed by atoms with Crippen LogP contribution in [-0.2, 0) is 4.79 Å². The number of amides is 1. The zero-order valence-electron chi connectivity index (χ0n) is 8.94. The van der Waals surface area contributed by atoms with Crippen molar-refractivity contribution in [2.24, 2.45) is 0 Å². The Hall–Kier alpha value is -1.42.